The Morgan fingerprint density at radius 2 is 2.10 bits per heavy atom. The van der Waals surface area contributed by atoms with E-state index in [2.05, 4.69) is 10.3 Å². The fraction of sp³-hybridized carbons (Fsp3) is 0.286. The molecule has 1 unspecified atom stereocenters. The lowest BCUT2D eigenvalue weighted by molar-refractivity contribution is 0.0946. The first-order chi connectivity index (χ1) is 9.70. The number of nitrogens with two attached hydrogens (primary N) is 2. The summed E-state index contributed by atoms with van der Waals surface area (Å²) in [5.74, 6) is -0.198. The van der Waals surface area contributed by atoms with Gasteiger partial charge < -0.3 is 16.8 Å². The van der Waals surface area contributed by atoms with Gasteiger partial charge in [-0.25, -0.2) is 4.98 Å². The molecule has 1 heterocycles. The number of hydrogen-bond donors (Lipinski definition) is 3. The number of benzene rings is 1. The second-order valence-electron chi connectivity index (χ2n) is 4.39. The average molecular weight is 290 g/mol. The van der Waals surface area contributed by atoms with Gasteiger partial charge in [0.15, 0.2) is 0 Å². The van der Waals surface area contributed by atoms with Gasteiger partial charge in [-0.15, -0.1) is 11.3 Å². The van der Waals surface area contributed by atoms with E-state index in [9.17, 15) is 4.79 Å². The van der Waals surface area contributed by atoms with Crippen LogP contribution < -0.4 is 16.8 Å². The van der Waals surface area contributed by atoms with Crippen LogP contribution in [0.5, 0.6) is 0 Å². The van der Waals surface area contributed by atoms with E-state index in [-0.39, 0.29) is 11.9 Å². The minimum atomic E-state index is -0.220. The zero-order valence-electron chi connectivity index (χ0n) is 11.1. The number of thiazole rings is 1. The molecule has 0 fully saturated rings. The third kappa shape index (κ3) is 3.86. The maximum absolute atomic E-state index is 11.9. The Morgan fingerprint density at radius 1 is 1.35 bits per heavy atom. The van der Waals surface area contributed by atoms with Gasteiger partial charge in [0.25, 0.3) is 5.91 Å². The molecule has 2 aromatic rings. The third-order valence-corrected chi connectivity index (χ3v) is 3.76. The van der Waals surface area contributed by atoms with E-state index < -0.39 is 0 Å². The molecular weight excluding hydrogens is 272 g/mol. The molecule has 1 aromatic carbocycles. The van der Waals surface area contributed by atoms with Crippen LogP contribution in [0.4, 0.5) is 0 Å². The molecule has 6 heteroatoms. The molecule has 0 bridgehead atoms. The first-order valence-corrected chi connectivity index (χ1v) is 7.32. The molecule has 0 aliphatic carbocycles. The number of nitrogens with zero attached hydrogens (tertiary/aromatic N) is 1. The third-order valence-electron chi connectivity index (χ3n) is 2.85. The lowest BCUT2D eigenvalue weighted by atomic mass is 10.1. The van der Waals surface area contributed by atoms with Crippen LogP contribution in [0.15, 0.2) is 35.7 Å². The molecule has 0 radical (unpaired) electrons. The van der Waals surface area contributed by atoms with Gasteiger partial charge in [0.2, 0.25) is 0 Å². The predicted molar refractivity (Wildman–Crippen MR) is 80.6 cm³/mol. The number of hydrogen-bond acceptors (Lipinski definition) is 5. The quantitative estimate of drug-likeness (QED) is 0.742. The van der Waals surface area contributed by atoms with Crippen molar-refractivity contribution in [3.63, 3.8) is 0 Å². The summed E-state index contributed by atoms with van der Waals surface area (Å²) >= 11 is 1.45. The Morgan fingerprint density at radius 3 is 2.80 bits per heavy atom. The molecule has 106 valence electrons. The van der Waals surface area contributed by atoms with E-state index in [0.717, 1.165) is 10.6 Å². The van der Waals surface area contributed by atoms with Crippen molar-refractivity contribution in [1.82, 2.24) is 10.3 Å². The molecule has 5 N–H and O–H groups in total. The van der Waals surface area contributed by atoms with E-state index in [1.54, 1.807) is 5.38 Å². The molecule has 1 aromatic heterocycles. The van der Waals surface area contributed by atoms with Crippen LogP contribution in [0, 0.1) is 0 Å². The minimum absolute atomic E-state index is 0.198. The smallest absolute Gasteiger partial charge is 0.270 e. The molecule has 5 nitrogen and oxygen atoms in total. The minimum Gasteiger partial charge on any atom is -0.349 e. The molecule has 20 heavy (non-hydrogen) atoms. The molecule has 0 saturated heterocycles. The first-order valence-electron chi connectivity index (χ1n) is 6.44. The summed E-state index contributed by atoms with van der Waals surface area (Å²) in [5, 5.41) is 5.43. The van der Waals surface area contributed by atoms with Crippen LogP contribution in [-0.4, -0.2) is 24.0 Å². The predicted octanol–water partition coefficient (Wildman–Crippen LogP) is 1.07. The van der Waals surface area contributed by atoms with Crippen LogP contribution in [0.3, 0.4) is 0 Å². The van der Waals surface area contributed by atoms with Crippen molar-refractivity contribution in [1.29, 1.82) is 0 Å². The molecule has 0 saturated carbocycles. The van der Waals surface area contributed by atoms with Gasteiger partial charge in [0, 0.05) is 24.4 Å². The van der Waals surface area contributed by atoms with Gasteiger partial charge in [0.1, 0.15) is 5.69 Å². The largest absolute Gasteiger partial charge is 0.349 e. The average Bonchev–Trinajstić information content (AvgIpc) is 2.94. The van der Waals surface area contributed by atoms with Crippen molar-refractivity contribution in [2.75, 3.05) is 13.1 Å². The maximum atomic E-state index is 11.9. The highest BCUT2D eigenvalue weighted by molar-refractivity contribution is 7.09. The van der Waals surface area contributed by atoms with Crippen molar-refractivity contribution in [3.05, 3.63) is 52.0 Å². The van der Waals surface area contributed by atoms with Crippen LogP contribution in [-0.2, 0) is 6.42 Å². The van der Waals surface area contributed by atoms with E-state index in [4.69, 9.17) is 11.5 Å². The number of carbonyl (C=O) groups is 1. The van der Waals surface area contributed by atoms with Gasteiger partial charge in [0.05, 0.1) is 5.01 Å². The molecule has 0 aliphatic heterocycles. The van der Waals surface area contributed by atoms with Gasteiger partial charge >= 0.3 is 0 Å². The van der Waals surface area contributed by atoms with E-state index in [0.29, 0.717) is 25.2 Å². The Labute approximate surface area is 122 Å². The van der Waals surface area contributed by atoms with Crippen molar-refractivity contribution in [2.24, 2.45) is 11.5 Å². The Bertz CT molecular complexity index is 555. The number of carbonyl (C=O) groups excluding carboxylic acids is 1. The number of nitrogens with one attached hydrogen (secondary N) is 1. The zero-order valence-corrected chi connectivity index (χ0v) is 11.9. The Balaban J connectivity index is 1.88. The van der Waals surface area contributed by atoms with Crippen LogP contribution in [0.1, 0.15) is 27.1 Å². The van der Waals surface area contributed by atoms with E-state index >= 15 is 0 Å². The summed E-state index contributed by atoms with van der Waals surface area (Å²) in [4.78, 5) is 16.2. The number of aromatic nitrogens is 1. The van der Waals surface area contributed by atoms with Gasteiger partial charge in [-0.05, 0) is 12.1 Å². The van der Waals surface area contributed by atoms with Crippen LogP contribution >= 0.6 is 11.3 Å². The van der Waals surface area contributed by atoms with Crippen molar-refractivity contribution in [2.45, 2.75) is 12.5 Å². The standard InChI is InChI=1S/C14H18N4OS/c15-7-6-13-18-12(9-20-13)14(19)17-8-11(16)10-4-2-1-3-5-10/h1-5,9,11H,6-8,15-16H2,(H,17,19). The van der Waals surface area contributed by atoms with E-state index in [1.165, 1.54) is 11.3 Å². The van der Waals surface area contributed by atoms with Gasteiger partial charge in [-0.1, -0.05) is 30.3 Å². The van der Waals surface area contributed by atoms with Gasteiger partial charge in [-0.2, -0.15) is 0 Å². The monoisotopic (exact) mass is 290 g/mol. The fourth-order valence-electron chi connectivity index (χ4n) is 1.76. The topological polar surface area (TPSA) is 94.0 Å². The summed E-state index contributed by atoms with van der Waals surface area (Å²) in [6.07, 6.45) is 0.696. The summed E-state index contributed by atoms with van der Waals surface area (Å²) in [6.45, 7) is 0.917. The van der Waals surface area contributed by atoms with Crippen LogP contribution in [0.25, 0.3) is 0 Å². The highest BCUT2D eigenvalue weighted by atomic mass is 32.1. The number of amides is 1. The maximum Gasteiger partial charge on any atom is 0.270 e. The second-order valence-corrected chi connectivity index (χ2v) is 5.34. The molecule has 1 atom stereocenters. The second kappa shape index (κ2) is 7.14. The SMILES string of the molecule is NCCc1nc(C(=O)NCC(N)c2ccccc2)cs1. The molecule has 0 spiro atoms. The Hall–Kier alpha value is -1.76. The summed E-state index contributed by atoms with van der Waals surface area (Å²) in [7, 11) is 0. The van der Waals surface area contributed by atoms with Gasteiger partial charge in [-0.3, -0.25) is 4.79 Å². The first kappa shape index (κ1) is 14.6. The molecule has 0 aliphatic rings. The van der Waals surface area contributed by atoms with Crippen LogP contribution in [0.2, 0.25) is 0 Å². The lowest BCUT2D eigenvalue weighted by Gasteiger charge is -2.12. The highest BCUT2D eigenvalue weighted by Crippen LogP contribution is 2.11. The molecular formula is C14H18N4OS. The molecule has 2 rings (SSSR count). The van der Waals surface area contributed by atoms with Crippen molar-refractivity contribution >= 4 is 17.2 Å². The van der Waals surface area contributed by atoms with Crippen molar-refractivity contribution < 1.29 is 4.79 Å². The highest BCUT2D eigenvalue weighted by Gasteiger charge is 2.12. The lowest BCUT2D eigenvalue weighted by Crippen LogP contribution is -2.32. The summed E-state index contributed by atoms with van der Waals surface area (Å²) < 4.78 is 0. The fourth-order valence-corrected chi connectivity index (χ4v) is 2.56. The Kier molecular flexibility index (Phi) is 5.23. The molecule has 1 amide bonds. The number of rotatable bonds is 6. The zero-order chi connectivity index (χ0) is 14.4. The van der Waals surface area contributed by atoms with Crippen molar-refractivity contribution in [3.8, 4) is 0 Å². The summed E-state index contributed by atoms with van der Waals surface area (Å²) in [5.41, 5.74) is 12.9. The normalized spacial score (nSPS) is 12.1. The summed E-state index contributed by atoms with van der Waals surface area (Å²) in [6, 6.07) is 9.45. The van der Waals surface area contributed by atoms with E-state index in [1.807, 2.05) is 30.3 Å².